The molecule has 0 fully saturated rings. The maximum atomic E-state index is 13.0. The summed E-state index contributed by atoms with van der Waals surface area (Å²) in [5.41, 5.74) is -3.36. The third kappa shape index (κ3) is 14.5. The number of ketones is 1. The average Bonchev–Trinajstić information content (AvgIpc) is 2.78. The Morgan fingerprint density at radius 3 is 1.42 bits per heavy atom. The highest BCUT2D eigenvalue weighted by atomic mass is 19.4. The van der Waals surface area contributed by atoms with Crippen LogP contribution in [-0.4, -0.2) is 16.9 Å². The highest BCUT2D eigenvalue weighted by Gasteiger charge is 2.43. The molecule has 0 heterocycles. The molecule has 1 N–H and O–H groups in total. The van der Waals surface area contributed by atoms with Gasteiger partial charge in [-0.1, -0.05) is 76.7 Å². The van der Waals surface area contributed by atoms with E-state index in [0.29, 0.717) is 25.0 Å². The molecule has 0 saturated heterocycles. The van der Waals surface area contributed by atoms with E-state index in [4.69, 9.17) is 5.11 Å². The summed E-state index contributed by atoms with van der Waals surface area (Å²) in [5.74, 6) is -0.823. The molecule has 0 spiro atoms. The summed E-state index contributed by atoms with van der Waals surface area (Å²) in [6, 6.07) is 1.94. The molecule has 1 aromatic rings. The van der Waals surface area contributed by atoms with Crippen LogP contribution in [0, 0.1) is 0 Å². The molecule has 0 aliphatic carbocycles. The summed E-state index contributed by atoms with van der Waals surface area (Å²) in [7, 11) is 0. The zero-order chi connectivity index (χ0) is 27.0. The monoisotopic (exact) mass is 524 g/mol. The Balaban J connectivity index is 2.10. The number of rotatable bonds is 19. The average molecular weight is 525 g/mol. The number of carbonyl (C=O) groups is 2. The standard InChI is InChI=1S/C27H38F6O3/c28-26(29,30)23-19-17-21(20-24(23)27(31,32)33)16-18-22(34)14-12-10-8-6-4-2-1-3-5-7-9-11-13-15-25(35)36/h17,19-20H,1-16,18H2,(H,35,36). The molecule has 0 saturated carbocycles. The van der Waals surface area contributed by atoms with E-state index in [1.165, 1.54) is 25.7 Å². The zero-order valence-corrected chi connectivity index (χ0v) is 20.8. The van der Waals surface area contributed by atoms with Crippen molar-refractivity contribution >= 4 is 11.8 Å². The Morgan fingerprint density at radius 1 is 0.583 bits per heavy atom. The normalized spacial score (nSPS) is 12.2. The number of Topliss-reactive ketones (excluding diaryl/α,β-unsaturated/α-hetero) is 1. The first kappa shape index (κ1) is 32.0. The van der Waals surface area contributed by atoms with Crippen molar-refractivity contribution in [1.29, 1.82) is 0 Å². The number of alkyl halides is 6. The summed E-state index contributed by atoms with van der Waals surface area (Å²) < 4.78 is 77.6. The van der Waals surface area contributed by atoms with Gasteiger partial charge in [-0.2, -0.15) is 26.3 Å². The van der Waals surface area contributed by atoms with E-state index in [1.54, 1.807) is 0 Å². The van der Waals surface area contributed by atoms with E-state index in [9.17, 15) is 35.9 Å². The molecule has 0 bridgehead atoms. The lowest BCUT2D eigenvalue weighted by atomic mass is 9.98. The Labute approximate surface area is 209 Å². The topological polar surface area (TPSA) is 54.4 Å². The van der Waals surface area contributed by atoms with E-state index < -0.39 is 29.4 Å². The van der Waals surface area contributed by atoms with Crippen molar-refractivity contribution < 1.29 is 41.0 Å². The van der Waals surface area contributed by atoms with Crippen LogP contribution in [0.3, 0.4) is 0 Å². The molecular weight excluding hydrogens is 486 g/mol. The third-order valence-electron chi connectivity index (χ3n) is 6.23. The fourth-order valence-corrected chi connectivity index (χ4v) is 4.18. The Bertz CT molecular complexity index is 787. The minimum absolute atomic E-state index is 0.0115. The second kappa shape index (κ2) is 16.6. The summed E-state index contributed by atoms with van der Waals surface area (Å²) in [5, 5.41) is 8.57. The molecule has 0 unspecified atom stereocenters. The van der Waals surface area contributed by atoms with Crippen LogP contribution in [-0.2, 0) is 28.4 Å². The van der Waals surface area contributed by atoms with Gasteiger partial charge in [-0.15, -0.1) is 0 Å². The van der Waals surface area contributed by atoms with Crippen LogP contribution in [0.5, 0.6) is 0 Å². The lowest BCUT2D eigenvalue weighted by Crippen LogP contribution is -2.17. The highest BCUT2D eigenvalue weighted by Crippen LogP contribution is 2.40. The van der Waals surface area contributed by atoms with E-state index in [0.717, 1.165) is 57.4 Å². The van der Waals surface area contributed by atoms with Crippen molar-refractivity contribution in [2.45, 2.75) is 122 Å². The number of unbranched alkanes of at least 4 members (excludes halogenated alkanes) is 12. The Morgan fingerprint density at radius 2 is 1.00 bits per heavy atom. The summed E-state index contributed by atoms with van der Waals surface area (Å²) in [6.45, 7) is 0. The first-order valence-corrected chi connectivity index (χ1v) is 12.9. The van der Waals surface area contributed by atoms with Gasteiger partial charge in [0.1, 0.15) is 5.78 Å². The molecule has 0 atom stereocenters. The second-order valence-corrected chi connectivity index (χ2v) is 9.40. The predicted molar refractivity (Wildman–Crippen MR) is 127 cm³/mol. The molecule has 9 heteroatoms. The SMILES string of the molecule is O=C(O)CCCCCCCCCCCCCCCC(=O)CCc1ccc(C(F)(F)F)c(C(F)(F)F)c1. The van der Waals surface area contributed by atoms with Gasteiger partial charge in [0, 0.05) is 19.3 Å². The van der Waals surface area contributed by atoms with E-state index in [-0.39, 0.29) is 30.6 Å². The molecule has 206 valence electrons. The molecule has 1 aromatic carbocycles. The number of carbonyl (C=O) groups excluding carboxylic acids is 1. The quantitative estimate of drug-likeness (QED) is 0.145. The summed E-state index contributed by atoms with van der Waals surface area (Å²) >= 11 is 0. The Kier molecular flexibility index (Phi) is 14.8. The molecular formula is C27H38F6O3. The van der Waals surface area contributed by atoms with Gasteiger partial charge in [-0.3, -0.25) is 9.59 Å². The van der Waals surface area contributed by atoms with Crippen LogP contribution in [0.15, 0.2) is 18.2 Å². The number of hydrogen-bond acceptors (Lipinski definition) is 2. The van der Waals surface area contributed by atoms with Gasteiger partial charge < -0.3 is 5.11 Å². The van der Waals surface area contributed by atoms with Gasteiger partial charge in [0.2, 0.25) is 0 Å². The maximum Gasteiger partial charge on any atom is 0.417 e. The predicted octanol–water partition coefficient (Wildman–Crippen LogP) is 9.16. The van der Waals surface area contributed by atoms with Crippen LogP contribution in [0.25, 0.3) is 0 Å². The minimum atomic E-state index is -5.12. The summed E-state index contributed by atoms with van der Waals surface area (Å²) in [4.78, 5) is 22.5. The lowest BCUT2D eigenvalue weighted by Gasteiger charge is -2.16. The van der Waals surface area contributed by atoms with Crippen LogP contribution in [0.2, 0.25) is 0 Å². The molecule has 0 aliphatic rings. The molecule has 3 nitrogen and oxygen atoms in total. The molecule has 0 aliphatic heterocycles. The number of carboxylic acid groups (broad SMARTS) is 1. The van der Waals surface area contributed by atoms with Crippen LogP contribution in [0.1, 0.15) is 119 Å². The van der Waals surface area contributed by atoms with Crippen molar-refractivity contribution in [2.24, 2.45) is 0 Å². The van der Waals surface area contributed by atoms with Crippen molar-refractivity contribution in [1.82, 2.24) is 0 Å². The molecule has 36 heavy (non-hydrogen) atoms. The van der Waals surface area contributed by atoms with Gasteiger partial charge in [0.25, 0.3) is 0 Å². The van der Waals surface area contributed by atoms with Crippen molar-refractivity contribution in [2.75, 3.05) is 0 Å². The zero-order valence-electron chi connectivity index (χ0n) is 20.8. The molecule has 0 amide bonds. The van der Waals surface area contributed by atoms with E-state index in [1.807, 2.05) is 0 Å². The molecule has 1 rings (SSSR count). The number of aliphatic carboxylic acids is 1. The van der Waals surface area contributed by atoms with Gasteiger partial charge in [0.05, 0.1) is 11.1 Å². The Hall–Kier alpha value is -2.06. The van der Waals surface area contributed by atoms with Crippen LogP contribution in [0.4, 0.5) is 26.3 Å². The molecule has 0 aromatic heterocycles. The largest absolute Gasteiger partial charge is 0.481 e. The van der Waals surface area contributed by atoms with Crippen molar-refractivity contribution in [3.8, 4) is 0 Å². The number of halogens is 6. The van der Waals surface area contributed by atoms with Crippen LogP contribution < -0.4 is 0 Å². The number of carboxylic acids is 1. The second-order valence-electron chi connectivity index (χ2n) is 9.40. The maximum absolute atomic E-state index is 13.0. The van der Waals surface area contributed by atoms with Crippen molar-refractivity contribution in [3.05, 3.63) is 34.9 Å². The summed E-state index contributed by atoms with van der Waals surface area (Å²) in [6.07, 6.45) is 3.94. The third-order valence-corrected chi connectivity index (χ3v) is 6.23. The van der Waals surface area contributed by atoms with Gasteiger partial charge >= 0.3 is 18.3 Å². The van der Waals surface area contributed by atoms with E-state index >= 15 is 0 Å². The smallest absolute Gasteiger partial charge is 0.417 e. The number of hydrogen-bond donors (Lipinski definition) is 1. The van der Waals surface area contributed by atoms with Gasteiger partial charge in [-0.05, 0) is 37.0 Å². The fourth-order valence-electron chi connectivity index (χ4n) is 4.18. The number of aryl methyl sites for hydroxylation is 1. The first-order chi connectivity index (χ1) is 16.9. The van der Waals surface area contributed by atoms with Crippen molar-refractivity contribution in [3.63, 3.8) is 0 Å². The number of benzene rings is 1. The first-order valence-electron chi connectivity index (χ1n) is 12.9. The van der Waals surface area contributed by atoms with Gasteiger partial charge in [-0.25, -0.2) is 0 Å². The van der Waals surface area contributed by atoms with Crippen LogP contribution >= 0.6 is 0 Å². The minimum Gasteiger partial charge on any atom is -0.481 e. The molecule has 0 radical (unpaired) electrons. The van der Waals surface area contributed by atoms with Gasteiger partial charge in [0.15, 0.2) is 0 Å². The highest BCUT2D eigenvalue weighted by molar-refractivity contribution is 5.78. The lowest BCUT2D eigenvalue weighted by molar-refractivity contribution is -0.162. The fraction of sp³-hybridized carbons (Fsp3) is 0.704. The van der Waals surface area contributed by atoms with E-state index in [2.05, 4.69) is 0 Å².